The Morgan fingerprint density at radius 1 is 1.19 bits per heavy atom. The molecule has 2 amide bonds. The van der Waals surface area contributed by atoms with Crippen molar-refractivity contribution < 1.29 is 22.8 Å². The Morgan fingerprint density at radius 2 is 1.89 bits per heavy atom. The molecule has 1 aromatic rings. The summed E-state index contributed by atoms with van der Waals surface area (Å²) in [7, 11) is 0. The van der Waals surface area contributed by atoms with E-state index in [1.807, 2.05) is 0 Å². The summed E-state index contributed by atoms with van der Waals surface area (Å²) in [5.41, 5.74) is -0.990. The molecule has 2 aliphatic rings. The second kappa shape index (κ2) is 7.53. The quantitative estimate of drug-likeness (QED) is 0.737. The fourth-order valence-corrected chi connectivity index (χ4v) is 3.40. The highest BCUT2D eigenvalue weighted by molar-refractivity contribution is 5.93. The number of hydrogen-bond acceptors (Lipinski definition) is 5. The van der Waals surface area contributed by atoms with Crippen molar-refractivity contribution in [3.05, 3.63) is 30.6 Å². The maximum Gasteiger partial charge on any atom is 0.433 e. The zero-order valence-corrected chi connectivity index (χ0v) is 14.7. The first-order chi connectivity index (χ1) is 12.8. The molecule has 2 saturated heterocycles. The van der Waals surface area contributed by atoms with E-state index in [0.29, 0.717) is 39.1 Å². The van der Waals surface area contributed by atoms with E-state index in [4.69, 9.17) is 0 Å². The normalized spacial score (nSPS) is 20.7. The first kappa shape index (κ1) is 19.1. The summed E-state index contributed by atoms with van der Waals surface area (Å²) in [5, 5.41) is 0. The number of aromatic nitrogens is 2. The lowest BCUT2D eigenvalue weighted by atomic mass is 10.1. The van der Waals surface area contributed by atoms with E-state index in [1.54, 1.807) is 9.80 Å². The number of carbonyl (C=O) groups is 2. The van der Waals surface area contributed by atoms with E-state index in [0.717, 1.165) is 18.7 Å². The van der Waals surface area contributed by atoms with E-state index < -0.39 is 17.9 Å². The Morgan fingerprint density at radius 3 is 2.52 bits per heavy atom. The minimum Gasteiger partial charge on any atom is -0.337 e. The fourth-order valence-electron chi connectivity index (χ4n) is 3.40. The molecule has 0 N–H and O–H groups in total. The van der Waals surface area contributed by atoms with E-state index in [-0.39, 0.29) is 17.8 Å². The third-order valence-electron chi connectivity index (χ3n) is 4.80. The van der Waals surface area contributed by atoms with Crippen LogP contribution in [0.4, 0.5) is 19.1 Å². The minimum atomic E-state index is -4.53. The Balaban J connectivity index is 1.63. The zero-order valence-electron chi connectivity index (χ0n) is 14.7. The molecule has 7 nitrogen and oxygen atoms in total. The molecule has 0 spiro atoms. The Bertz CT molecular complexity index is 732. The Labute approximate surface area is 154 Å². The van der Waals surface area contributed by atoms with E-state index >= 15 is 0 Å². The van der Waals surface area contributed by atoms with Gasteiger partial charge in [0, 0.05) is 38.9 Å². The minimum absolute atomic E-state index is 0.00116. The van der Waals surface area contributed by atoms with Gasteiger partial charge in [-0.05, 0) is 25.0 Å². The molecule has 10 heteroatoms. The summed E-state index contributed by atoms with van der Waals surface area (Å²) in [6.45, 7) is 5.32. The van der Waals surface area contributed by atoms with Crippen LogP contribution >= 0.6 is 0 Å². The molecule has 3 heterocycles. The molecule has 0 saturated carbocycles. The predicted octanol–water partition coefficient (Wildman–Crippen LogP) is 1.32. The van der Waals surface area contributed by atoms with Gasteiger partial charge in [-0.25, -0.2) is 9.97 Å². The maximum absolute atomic E-state index is 12.8. The number of anilines is 1. The molecular formula is C17H20F3N5O2. The maximum atomic E-state index is 12.8. The molecule has 2 aliphatic heterocycles. The zero-order chi connectivity index (χ0) is 19.6. The van der Waals surface area contributed by atoms with Crippen molar-refractivity contribution in [1.82, 2.24) is 19.8 Å². The van der Waals surface area contributed by atoms with Gasteiger partial charge in [-0.15, -0.1) is 0 Å². The largest absolute Gasteiger partial charge is 0.433 e. The SMILES string of the molecule is C=CC(=O)N1CCC[C@@H]1C(=O)N1CCN(c2nccc(C(F)(F)F)n2)CC1. The lowest BCUT2D eigenvalue weighted by molar-refractivity contribution is -0.141. The first-order valence-corrected chi connectivity index (χ1v) is 8.68. The van der Waals surface area contributed by atoms with Gasteiger partial charge in [0.2, 0.25) is 17.8 Å². The van der Waals surface area contributed by atoms with Crippen molar-refractivity contribution in [3.63, 3.8) is 0 Å². The molecule has 1 aromatic heterocycles. The number of alkyl halides is 3. The molecule has 3 rings (SSSR count). The Kier molecular flexibility index (Phi) is 5.33. The van der Waals surface area contributed by atoms with Crippen LogP contribution in [0, 0.1) is 0 Å². The summed E-state index contributed by atoms with van der Waals surface area (Å²) in [6.07, 6.45) is -0.878. The van der Waals surface area contributed by atoms with E-state index in [9.17, 15) is 22.8 Å². The number of nitrogens with zero attached hydrogens (tertiary/aromatic N) is 5. The number of hydrogen-bond donors (Lipinski definition) is 0. The highest BCUT2D eigenvalue weighted by atomic mass is 19.4. The van der Waals surface area contributed by atoms with Gasteiger partial charge in [0.15, 0.2) is 0 Å². The van der Waals surface area contributed by atoms with Crippen LogP contribution < -0.4 is 4.90 Å². The van der Waals surface area contributed by atoms with Crippen LogP contribution in [0.1, 0.15) is 18.5 Å². The molecular weight excluding hydrogens is 363 g/mol. The number of rotatable bonds is 3. The van der Waals surface area contributed by atoms with Crippen molar-refractivity contribution in [2.75, 3.05) is 37.6 Å². The Hall–Kier alpha value is -2.65. The summed E-state index contributed by atoms with van der Waals surface area (Å²) < 4.78 is 38.4. The van der Waals surface area contributed by atoms with Crippen LogP contribution in [-0.2, 0) is 15.8 Å². The first-order valence-electron chi connectivity index (χ1n) is 8.68. The van der Waals surface area contributed by atoms with Crippen molar-refractivity contribution in [2.24, 2.45) is 0 Å². The third kappa shape index (κ3) is 4.04. The molecule has 0 aromatic carbocycles. The van der Waals surface area contributed by atoms with Gasteiger partial charge in [0.05, 0.1) is 0 Å². The van der Waals surface area contributed by atoms with Gasteiger partial charge < -0.3 is 14.7 Å². The average molecular weight is 383 g/mol. The van der Waals surface area contributed by atoms with Crippen LogP contribution in [0.5, 0.6) is 0 Å². The van der Waals surface area contributed by atoms with Crippen molar-refractivity contribution >= 4 is 17.8 Å². The predicted molar refractivity (Wildman–Crippen MR) is 90.8 cm³/mol. The van der Waals surface area contributed by atoms with Gasteiger partial charge in [0.1, 0.15) is 11.7 Å². The van der Waals surface area contributed by atoms with Crippen molar-refractivity contribution in [2.45, 2.75) is 25.1 Å². The van der Waals surface area contributed by atoms with Crippen LogP contribution in [0.2, 0.25) is 0 Å². The number of amides is 2. The van der Waals surface area contributed by atoms with Crippen LogP contribution in [0.3, 0.4) is 0 Å². The molecule has 0 unspecified atom stereocenters. The molecule has 0 aliphatic carbocycles. The van der Waals surface area contributed by atoms with Crippen LogP contribution in [-0.4, -0.2) is 70.3 Å². The van der Waals surface area contributed by atoms with Gasteiger partial charge >= 0.3 is 6.18 Å². The molecule has 2 fully saturated rings. The molecule has 146 valence electrons. The molecule has 0 radical (unpaired) electrons. The topological polar surface area (TPSA) is 69.6 Å². The van der Waals surface area contributed by atoms with Crippen molar-refractivity contribution in [1.29, 1.82) is 0 Å². The second-order valence-corrected chi connectivity index (χ2v) is 6.45. The molecule has 0 bridgehead atoms. The van der Waals surface area contributed by atoms with E-state index in [1.165, 1.54) is 11.0 Å². The van der Waals surface area contributed by atoms with Gasteiger partial charge in [-0.2, -0.15) is 13.2 Å². The van der Waals surface area contributed by atoms with Crippen LogP contribution in [0.25, 0.3) is 0 Å². The molecule has 1 atom stereocenters. The number of likely N-dealkylation sites (tertiary alicyclic amines) is 1. The third-order valence-corrected chi connectivity index (χ3v) is 4.80. The lowest BCUT2D eigenvalue weighted by Crippen LogP contribution is -2.54. The summed E-state index contributed by atoms with van der Waals surface area (Å²) in [4.78, 5) is 36.9. The number of carbonyl (C=O) groups excluding carboxylic acids is 2. The van der Waals surface area contributed by atoms with Crippen LogP contribution in [0.15, 0.2) is 24.9 Å². The monoisotopic (exact) mass is 383 g/mol. The number of halogens is 3. The highest BCUT2D eigenvalue weighted by Gasteiger charge is 2.37. The highest BCUT2D eigenvalue weighted by Crippen LogP contribution is 2.28. The van der Waals surface area contributed by atoms with Gasteiger partial charge in [-0.1, -0.05) is 6.58 Å². The van der Waals surface area contributed by atoms with Gasteiger partial charge in [0.25, 0.3) is 0 Å². The van der Waals surface area contributed by atoms with Gasteiger partial charge in [-0.3, -0.25) is 9.59 Å². The van der Waals surface area contributed by atoms with Crippen molar-refractivity contribution in [3.8, 4) is 0 Å². The summed E-state index contributed by atoms with van der Waals surface area (Å²) in [5.74, 6) is -0.393. The molecule has 27 heavy (non-hydrogen) atoms. The summed E-state index contributed by atoms with van der Waals surface area (Å²) in [6, 6.07) is 0.334. The number of piperazine rings is 1. The lowest BCUT2D eigenvalue weighted by Gasteiger charge is -2.37. The average Bonchev–Trinajstić information content (AvgIpc) is 3.16. The smallest absolute Gasteiger partial charge is 0.337 e. The second-order valence-electron chi connectivity index (χ2n) is 6.45. The standard InChI is InChI=1S/C17H20F3N5O2/c1-2-14(26)25-7-3-4-12(25)15(27)23-8-10-24(11-9-23)16-21-6-5-13(22-16)17(18,19)20/h2,5-6,12H,1,3-4,7-11H2/t12-/m1/s1. The summed E-state index contributed by atoms with van der Waals surface area (Å²) >= 11 is 0. The fraction of sp³-hybridized carbons (Fsp3) is 0.529. The van der Waals surface area contributed by atoms with E-state index in [2.05, 4.69) is 16.5 Å².